The summed E-state index contributed by atoms with van der Waals surface area (Å²) >= 11 is 0. The van der Waals surface area contributed by atoms with Crippen LogP contribution in [-0.4, -0.2) is 34.9 Å². The molecule has 0 saturated carbocycles. The molecule has 4 nitrogen and oxygen atoms in total. The Morgan fingerprint density at radius 1 is 0.479 bits per heavy atom. The lowest BCUT2D eigenvalue weighted by Gasteiger charge is -2.19. The van der Waals surface area contributed by atoms with Crippen LogP contribution in [0, 0.1) is 0 Å². The highest BCUT2D eigenvalue weighted by Gasteiger charge is 2.17. The number of hydrogen-bond acceptors (Lipinski definition) is 3. The summed E-state index contributed by atoms with van der Waals surface area (Å²) in [6.45, 7) is 4.31. The van der Waals surface area contributed by atoms with Gasteiger partial charge < -0.3 is 15.5 Å². The zero-order chi connectivity index (χ0) is 35.0. The van der Waals surface area contributed by atoms with Crippen LogP contribution in [0.25, 0.3) is 0 Å². The molecule has 284 valence electrons. The molecule has 0 fully saturated rings. The lowest BCUT2D eigenvalue weighted by molar-refractivity contribution is -0.123. The van der Waals surface area contributed by atoms with Gasteiger partial charge in [-0.2, -0.15) is 0 Å². The summed E-state index contributed by atoms with van der Waals surface area (Å²) in [5.41, 5.74) is 0. The number of hydrogen-bond donors (Lipinski definition) is 3. The van der Waals surface area contributed by atoms with Gasteiger partial charge in [-0.15, -0.1) is 0 Å². The van der Waals surface area contributed by atoms with Crippen molar-refractivity contribution in [3.63, 3.8) is 0 Å². The van der Waals surface area contributed by atoms with Crippen molar-refractivity contribution in [1.29, 1.82) is 0 Å². The van der Waals surface area contributed by atoms with Crippen molar-refractivity contribution >= 4 is 5.91 Å². The van der Waals surface area contributed by atoms with E-state index >= 15 is 0 Å². The summed E-state index contributed by atoms with van der Waals surface area (Å²) in [5.74, 6) is -0.0710. The van der Waals surface area contributed by atoms with Crippen LogP contribution < -0.4 is 5.32 Å². The van der Waals surface area contributed by atoms with Gasteiger partial charge in [-0.25, -0.2) is 0 Å². The van der Waals surface area contributed by atoms with Crippen LogP contribution in [0.15, 0.2) is 24.3 Å². The van der Waals surface area contributed by atoms with Crippen molar-refractivity contribution in [2.24, 2.45) is 0 Å². The topological polar surface area (TPSA) is 69.6 Å². The SMILES string of the molecule is CCCCCCCCCCCCCCCC/C=C/CC/C=C/C(O)C(CO)NC(=O)CCCCCCCCCCCCCCCCCC. The third-order valence-corrected chi connectivity index (χ3v) is 9.94. The molecule has 0 aliphatic heterocycles. The van der Waals surface area contributed by atoms with Gasteiger partial charge in [0, 0.05) is 6.42 Å². The minimum absolute atomic E-state index is 0.0710. The van der Waals surface area contributed by atoms with Crippen molar-refractivity contribution in [2.75, 3.05) is 6.61 Å². The minimum atomic E-state index is -0.857. The van der Waals surface area contributed by atoms with E-state index in [0.717, 1.165) is 32.1 Å². The van der Waals surface area contributed by atoms with E-state index in [2.05, 4.69) is 31.3 Å². The average molecular weight is 676 g/mol. The lowest BCUT2D eigenvalue weighted by atomic mass is 10.0. The molecule has 2 unspecified atom stereocenters. The first kappa shape index (κ1) is 46.9. The molecule has 0 aliphatic carbocycles. The smallest absolute Gasteiger partial charge is 0.220 e. The number of aliphatic hydroxyl groups is 2. The molecule has 0 radical (unpaired) electrons. The van der Waals surface area contributed by atoms with Gasteiger partial charge in [0.1, 0.15) is 0 Å². The monoisotopic (exact) mass is 676 g/mol. The van der Waals surface area contributed by atoms with Gasteiger partial charge in [0.2, 0.25) is 5.91 Å². The highest BCUT2D eigenvalue weighted by Crippen LogP contribution is 2.15. The first-order valence-corrected chi connectivity index (χ1v) is 21.6. The van der Waals surface area contributed by atoms with E-state index in [0.29, 0.717) is 6.42 Å². The number of rotatable bonds is 39. The average Bonchev–Trinajstić information content (AvgIpc) is 3.09. The highest BCUT2D eigenvalue weighted by atomic mass is 16.3. The molecule has 0 bridgehead atoms. The van der Waals surface area contributed by atoms with E-state index in [1.807, 2.05) is 6.08 Å². The van der Waals surface area contributed by atoms with Gasteiger partial charge >= 0.3 is 0 Å². The van der Waals surface area contributed by atoms with Gasteiger partial charge in [-0.1, -0.05) is 218 Å². The fraction of sp³-hybridized carbons (Fsp3) is 0.886. The molecule has 1 amide bonds. The molecular weight excluding hydrogens is 590 g/mol. The fourth-order valence-electron chi connectivity index (χ4n) is 6.61. The molecule has 0 spiro atoms. The standard InChI is InChI=1S/C44H85NO3/c1-3-5-7-9-11-13-15-17-19-21-22-23-24-25-27-29-31-33-35-37-39-43(47)42(41-46)45-44(48)40-38-36-34-32-30-28-26-20-18-16-14-12-10-8-6-4-2/h29,31,37,39,42-43,46-47H,3-28,30,32-36,38,40-41H2,1-2H3,(H,45,48)/b31-29+,39-37+. The van der Waals surface area contributed by atoms with Crippen molar-refractivity contribution in [3.05, 3.63) is 24.3 Å². The summed E-state index contributed by atoms with van der Waals surface area (Å²) < 4.78 is 0. The molecule has 48 heavy (non-hydrogen) atoms. The van der Waals surface area contributed by atoms with Crippen LogP contribution in [0.2, 0.25) is 0 Å². The van der Waals surface area contributed by atoms with E-state index in [9.17, 15) is 15.0 Å². The molecule has 0 aromatic heterocycles. The number of amides is 1. The fourth-order valence-corrected chi connectivity index (χ4v) is 6.61. The van der Waals surface area contributed by atoms with Crippen molar-refractivity contribution in [2.45, 2.75) is 244 Å². The molecule has 0 aromatic carbocycles. The number of carbonyl (C=O) groups is 1. The van der Waals surface area contributed by atoms with Gasteiger partial charge in [-0.05, 0) is 32.1 Å². The molecule has 0 heterocycles. The maximum atomic E-state index is 12.4. The van der Waals surface area contributed by atoms with Gasteiger partial charge in [-0.3, -0.25) is 4.79 Å². The Morgan fingerprint density at radius 2 is 0.812 bits per heavy atom. The first-order chi connectivity index (χ1) is 23.7. The molecule has 0 aromatic rings. The van der Waals surface area contributed by atoms with Gasteiger partial charge in [0.05, 0.1) is 18.8 Å². The molecule has 0 rings (SSSR count). The van der Waals surface area contributed by atoms with Crippen molar-refractivity contribution < 1.29 is 15.0 Å². The second-order valence-corrected chi connectivity index (χ2v) is 14.8. The zero-order valence-electron chi connectivity index (χ0n) is 32.5. The Hall–Kier alpha value is -1.13. The predicted octanol–water partition coefficient (Wildman–Crippen LogP) is 13.2. The quantitative estimate of drug-likeness (QED) is 0.0448. The third kappa shape index (κ3) is 36.2. The van der Waals surface area contributed by atoms with Crippen molar-refractivity contribution in [3.8, 4) is 0 Å². The third-order valence-electron chi connectivity index (χ3n) is 9.94. The number of aliphatic hydroxyl groups excluding tert-OH is 2. The molecule has 0 saturated heterocycles. The van der Waals surface area contributed by atoms with Crippen LogP contribution in [0.4, 0.5) is 0 Å². The van der Waals surface area contributed by atoms with Gasteiger partial charge in [0.15, 0.2) is 0 Å². The zero-order valence-corrected chi connectivity index (χ0v) is 32.5. The number of nitrogens with one attached hydrogen (secondary N) is 1. The Bertz CT molecular complexity index is 691. The molecule has 3 N–H and O–H groups in total. The Morgan fingerprint density at radius 3 is 1.21 bits per heavy atom. The maximum absolute atomic E-state index is 12.4. The molecule has 2 atom stereocenters. The molecular formula is C44H85NO3. The summed E-state index contributed by atoms with van der Waals surface area (Å²) in [6, 6.07) is -0.634. The predicted molar refractivity (Wildman–Crippen MR) is 212 cm³/mol. The van der Waals surface area contributed by atoms with Crippen LogP contribution in [-0.2, 0) is 4.79 Å². The van der Waals surface area contributed by atoms with Crippen molar-refractivity contribution in [1.82, 2.24) is 5.32 Å². The summed E-state index contributed by atoms with van der Waals surface area (Å²) in [5, 5.41) is 23.0. The summed E-state index contributed by atoms with van der Waals surface area (Å²) in [7, 11) is 0. The number of allylic oxidation sites excluding steroid dienone is 3. The van der Waals surface area contributed by atoms with E-state index in [4.69, 9.17) is 0 Å². The van der Waals surface area contributed by atoms with E-state index in [1.165, 1.54) is 180 Å². The lowest BCUT2D eigenvalue weighted by Crippen LogP contribution is -2.45. The normalized spacial score (nSPS) is 13.2. The van der Waals surface area contributed by atoms with E-state index in [-0.39, 0.29) is 12.5 Å². The Balaban J connectivity index is 3.59. The minimum Gasteiger partial charge on any atom is -0.394 e. The van der Waals surface area contributed by atoms with Gasteiger partial charge in [0.25, 0.3) is 0 Å². The Labute approximate surface area is 300 Å². The van der Waals surface area contributed by atoms with Crippen LogP contribution >= 0.6 is 0 Å². The van der Waals surface area contributed by atoms with Crippen LogP contribution in [0.5, 0.6) is 0 Å². The van der Waals surface area contributed by atoms with E-state index < -0.39 is 12.1 Å². The second kappa shape index (κ2) is 40.3. The largest absolute Gasteiger partial charge is 0.394 e. The summed E-state index contributed by atoms with van der Waals surface area (Å²) in [6.07, 6.45) is 51.4. The summed E-state index contributed by atoms with van der Waals surface area (Å²) in [4.78, 5) is 12.4. The van der Waals surface area contributed by atoms with E-state index in [1.54, 1.807) is 6.08 Å². The first-order valence-electron chi connectivity index (χ1n) is 21.6. The van der Waals surface area contributed by atoms with Crippen LogP contribution in [0.3, 0.4) is 0 Å². The number of carbonyl (C=O) groups excluding carboxylic acids is 1. The maximum Gasteiger partial charge on any atom is 0.220 e. The highest BCUT2D eigenvalue weighted by molar-refractivity contribution is 5.76. The molecule has 4 heteroatoms. The second-order valence-electron chi connectivity index (χ2n) is 14.8. The van der Waals surface area contributed by atoms with Crippen LogP contribution in [0.1, 0.15) is 232 Å². The Kier molecular flexibility index (Phi) is 39.4. The number of unbranched alkanes of at least 4 members (excludes halogenated alkanes) is 30. The molecule has 0 aliphatic rings.